The Morgan fingerprint density at radius 1 is 0.848 bits per heavy atom. The summed E-state index contributed by atoms with van der Waals surface area (Å²) in [6.45, 7) is -1.05. The van der Waals surface area contributed by atoms with Crippen LogP contribution in [0.1, 0.15) is 38.6 Å². The molecule has 0 saturated carbocycles. The van der Waals surface area contributed by atoms with E-state index in [-0.39, 0.29) is 0 Å². The molecule has 246 valence electrons. The number of aliphatic hydroxyl groups is 3. The molecule has 1 fully saturated rings. The van der Waals surface area contributed by atoms with Gasteiger partial charge in [0.15, 0.2) is 47.1 Å². The fourth-order valence-electron chi connectivity index (χ4n) is 5.39. The van der Waals surface area contributed by atoms with Crippen LogP contribution in [-0.2, 0) is 33.3 Å². The number of phenols is 5. The number of carbonyl (C=O) groups excluding carboxylic acids is 4. The first-order valence-electron chi connectivity index (χ1n) is 13.2. The minimum Gasteiger partial charge on any atom is -0.504 e. The lowest BCUT2D eigenvalue weighted by Crippen LogP contribution is -2.62. The fraction of sp³-hybridized carbons (Fsp3) is 0.370. The molecule has 0 amide bonds. The average Bonchev–Trinajstić information content (AvgIpc) is 3.00. The first-order valence-corrected chi connectivity index (χ1v) is 13.2. The van der Waals surface area contributed by atoms with Gasteiger partial charge >= 0.3 is 29.8 Å². The highest BCUT2D eigenvalue weighted by molar-refractivity contribution is 5.97. The van der Waals surface area contributed by atoms with Crippen LogP contribution in [0.3, 0.4) is 0 Å². The van der Waals surface area contributed by atoms with Gasteiger partial charge < -0.3 is 69.6 Å². The zero-order valence-electron chi connectivity index (χ0n) is 22.9. The third-order valence-electron chi connectivity index (χ3n) is 7.56. The third-order valence-corrected chi connectivity index (χ3v) is 7.56. The summed E-state index contributed by atoms with van der Waals surface area (Å²) in [7, 11) is 0. The van der Waals surface area contributed by atoms with Crippen molar-refractivity contribution in [2.75, 3.05) is 6.61 Å². The van der Waals surface area contributed by atoms with E-state index < -0.39 is 143 Å². The molecule has 0 aliphatic carbocycles. The highest BCUT2D eigenvalue weighted by Crippen LogP contribution is 2.51. The number of phenolic OH excluding ortho intramolecular Hbond substituents is 5. The van der Waals surface area contributed by atoms with Crippen molar-refractivity contribution in [1.82, 2.24) is 0 Å². The highest BCUT2D eigenvalue weighted by atomic mass is 16.7. The number of fused-ring (bicyclic) bond motifs is 2. The second kappa shape index (κ2) is 11.9. The summed E-state index contributed by atoms with van der Waals surface area (Å²) in [5, 5.41) is 91.5. The number of aromatic hydroxyl groups is 5. The standard InChI is InChI=1S/C27H24O19/c28-5-12-20-19(37)22(27(42-12)46-23(38)6-1-9(29)16(34)10(30)2-6)45-24(39)7-3-11(31)17(35)21-15(7)14(18(36)26(41)43-20)8(4-13(32)33)25(40)44-21/h1-3,8,12,14,18-20,22,27-31,34-37H,4-5H2,(H,32,33)/t8-,12?,14-,18+,19+,20-,22?,27?/m0/s1. The molecule has 0 spiro atoms. The second-order valence-corrected chi connectivity index (χ2v) is 10.4. The predicted octanol–water partition coefficient (Wildman–Crippen LogP) is -1.95. The van der Waals surface area contributed by atoms with Crippen LogP contribution in [0.15, 0.2) is 18.2 Å². The van der Waals surface area contributed by atoms with Gasteiger partial charge in [-0.25, -0.2) is 14.4 Å². The minimum absolute atomic E-state index is 0.573. The van der Waals surface area contributed by atoms with Crippen molar-refractivity contribution < 1.29 is 93.6 Å². The molecule has 5 rings (SSSR count). The molecule has 0 radical (unpaired) electrons. The lowest BCUT2D eigenvalue weighted by atomic mass is 9.76. The maximum absolute atomic E-state index is 13.6. The van der Waals surface area contributed by atoms with Crippen molar-refractivity contribution in [3.05, 3.63) is 34.9 Å². The molecule has 3 unspecified atom stereocenters. The van der Waals surface area contributed by atoms with Gasteiger partial charge in [0.05, 0.1) is 30.1 Å². The molecular formula is C27H24O19. The Morgan fingerprint density at radius 3 is 2.09 bits per heavy atom. The van der Waals surface area contributed by atoms with Gasteiger partial charge in [-0.1, -0.05) is 0 Å². The van der Waals surface area contributed by atoms with Crippen molar-refractivity contribution in [2.24, 2.45) is 5.92 Å². The molecule has 3 aliphatic rings. The molecule has 0 aromatic heterocycles. The largest absolute Gasteiger partial charge is 0.504 e. The Kier molecular flexibility index (Phi) is 8.26. The topological polar surface area (TPSA) is 314 Å². The van der Waals surface area contributed by atoms with Crippen molar-refractivity contribution in [3.8, 4) is 34.5 Å². The first kappa shape index (κ1) is 32.0. The molecule has 3 aliphatic heterocycles. The smallest absolute Gasteiger partial charge is 0.340 e. The van der Waals surface area contributed by atoms with Crippen LogP contribution in [0, 0.1) is 5.92 Å². The Morgan fingerprint density at radius 2 is 1.48 bits per heavy atom. The predicted molar refractivity (Wildman–Crippen MR) is 138 cm³/mol. The number of aliphatic carboxylic acids is 1. The van der Waals surface area contributed by atoms with Crippen LogP contribution in [0.5, 0.6) is 34.5 Å². The van der Waals surface area contributed by atoms with E-state index in [1.54, 1.807) is 0 Å². The van der Waals surface area contributed by atoms with E-state index in [4.69, 9.17) is 23.7 Å². The van der Waals surface area contributed by atoms with E-state index >= 15 is 0 Å². The van der Waals surface area contributed by atoms with Crippen LogP contribution in [-0.4, -0.2) is 119 Å². The summed E-state index contributed by atoms with van der Waals surface area (Å²) >= 11 is 0. The normalized spacial score (nSPS) is 28.9. The molecule has 46 heavy (non-hydrogen) atoms. The molecule has 19 heteroatoms. The lowest BCUT2D eigenvalue weighted by molar-refractivity contribution is -0.288. The number of carboxylic acid groups (broad SMARTS) is 1. The van der Waals surface area contributed by atoms with Gasteiger partial charge in [0.2, 0.25) is 12.0 Å². The van der Waals surface area contributed by atoms with Gasteiger partial charge in [-0.05, 0) is 18.2 Å². The molecule has 2 aromatic carbocycles. The summed E-state index contributed by atoms with van der Waals surface area (Å²) in [4.78, 5) is 64.2. The van der Waals surface area contributed by atoms with Crippen LogP contribution in [0.4, 0.5) is 0 Å². The van der Waals surface area contributed by atoms with Crippen LogP contribution in [0.25, 0.3) is 0 Å². The zero-order chi connectivity index (χ0) is 33.8. The first-order chi connectivity index (χ1) is 21.6. The molecular weight excluding hydrogens is 628 g/mol. The van der Waals surface area contributed by atoms with Gasteiger partial charge in [-0.15, -0.1) is 0 Å². The number of ether oxygens (including phenoxy) is 5. The molecule has 1 saturated heterocycles. The number of carbonyl (C=O) groups is 5. The number of esters is 4. The third kappa shape index (κ3) is 5.40. The Labute approximate surface area is 254 Å². The SMILES string of the molecule is O=C(O)C[C@@H]1C(=O)Oc2c(O)c(O)cc3c2[C@H]1[C@@H](O)C(=O)O[C@H]1C(CO)OC(OC(=O)c2cc(O)c(O)c(O)c2)C(OC3=O)[C@@H]1O. The maximum Gasteiger partial charge on any atom is 0.340 e. The molecule has 3 heterocycles. The fourth-order valence-corrected chi connectivity index (χ4v) is 5.39. The average molecular weight is 652 g/mol. The molecule has 19 nitrogen and oxygen atoms in total. The Bertz CT molecular complexity index is 1610. The zero-order valence-corrected chi connectivity index (χ0v) is 22.9. The van der Waals surface area contributed by atoms with Gasteiger partial charge in [0.1, 0.15) is 12.2 Å². The van der Waals surface area contributed by atoms with Crippen molar-refractivity contribution in [2.45, 2.75) is 49.1 Å². The van der Waals surface area contributed by atoms with E-state index in [1.165, 1.54) is 0 Å². The number of benzene rings is 2. The van der Waals surface area contributed by atoms with Gasteiger partial charge in [-0.3, -0.25) is 9.59 Å². The van der Waals surface area contributed by atoms with Gasteiger partial charge in [0.25, 0.3) is 0 Å². The summed E-state index contributed by atoms with van der Waals surface area (Å²) in [6, 6.07) is 1.93. The van der Waals surface area contributed by atoms with Crippen LogP contribution >= 0.6 is 0 Å². The number of hydrogen-bond donors (Lipinski definition) is 9. The maximum atomic E-state index is 13.6. The molecule has 9 N–H and O–H groups in total. The van der Waals surface area contributed by atoms with Crippen molar-refractivity contribution >= 4 is 29.8 Å². The van der Waals surface area contributed by atoms with Crippen LogP contribution < -0.4 is 4.74 Å². The van der Waals surface area contributed by atoms with E-state index in [2.05, 4.69) is 0 Å². The summed E-state index contributed by atoms with van der Waals surface area (Å²) in [5.41, 5.74) is -2.05. The number of rotatable bonds is 5. The van der Waals surface area contributed by atoms with Crippen LogP contribution in [0.2, 0.25) is 0 Å². The molecule has 2 aromatic rings. The van der Waals surface area contributed by atoms with Crippen molar-refractivity contribution in [3.63, 3.8) is 0 Å². The summed E-state index contributed by atoms with van der Waals surface area (Å²) in [6.07, 6.45) is -13.8. The summed E-state index contributed by atoms with van der Waals surface area (Å²) in [5.74, 6) is -17.4. The van der Waals surface area contributed by atoms with Gasteiger partial charge in [0, 0.05) is 11.5 Å². The number of hydrogen-bond acceptors (Lipinski definition) is 18. The second-order valence-electron chi connectivity index (χ2n) is 10.4. The number of aliphatic hydroxyl groups excluding tert-OH is 3. The Balaban J connectivity index is 1.63. The van der Waals surface area contributed by atoms with E-state index in [0.717, 1.165) is 0 Å². The quantitative estimate of drug-likeness (QED) is 0.0733. The van der Waals surface area contributed by atoms with E-state index in [0.29, 0.717) is 18.2 Å². The number of carboxylic acids is 1. The molecule has 2 bridgehead atoms. The Hall–Kier alpha value is -5.37. The lowest BCUT2D eigenvalue weighted by Gasteiger charge is -2.42. The monoisotopic (exact) mass is 652 g/mol. The van der Waals surface area contributed by atoms with Gasteiger partial charge in [-0.2, -0.15) is 0 Å². The minimum atomic E-state index is -2.50. The van der Waals surface area contributed by atoms with Crippen molar-refractivity contribution in [1.29, 1.82) is 0 Å². The van der Waals surface area contributed by atoms with E-state index in [9.17, 15) is 69.9 Å². The highest BCUT2D eigenvalue weighted by Gasteiger charge is 2.55. The summed E-state index contributed by atoms with van der Waals surface area (Å²) < 4.78 is 26.2. The molecule has 8 atom stereocenters. The van der Waals surface area contributed by atoms with E-state index in [1.807, 2.05) is 0 Å².